The first kappa shape index (κ1) is 9.99. The van der Waals surface area contributed by atoms with E-state index >= 15 is 0 Å². The highest BCUT2D eigenvalue weighted by molar-refractivity contribution is 5.69. The third kappa shape index (κ3) is 5.43. The maximum absolute atomic E-state index is 10.7. The number of aliphatic hydroxyl groups excluding tert-OH is 1. The maximum atomic E-state index is 10.7. The molecule has 3 nitrogen and oxygen atoms in total. The average molecular weight is 156 g/mol. The van der Waals surface area contributed by atoms with Crippen molar-refractivity contribution in [1.29, 1.82) is 0 Å². The summed E-state index contributed by atoms with van der Waals surface area (Å²) in [6, 6.07) is 0. The van der Waals surface area contributed by atoms with Crippen LogP contribution in [0.3, 0.4) is 0 Å². The van der Waals surface area contributed by atoms with Crippen LogP contribution in [-0.2, 0) is 9.53 Å². The van der Waals surface area contributed by atoms with E-state index in [9.17, 15) is 4.79 Å². The molecule has 0 aromatic heterocycles. The highest BCUT2D eigenvalue weighted by Crippen LogP contribution is 1.97. The zero-order valence-electron chi connectivity index (χ0n) is 6.54. The Hall–Kier alpha value is -1.01. The Balaban J connectivity index is 3.50. The van der Waals surface area contributed by atoms with Gasteiger partial charge in [0.25, 0.3) is 0 Å². The lowest BCUT2D eigenvalue weighted by Gasteiger charge is -2.05. The molecule has 1 N–H and O–H groups in total. The number of hydrogen-bond donors (Lipinski definition) is 1. The van der Waals surface area contributed by atoms with E-state index in [1.807, 2.05) is 0 Å². The number of terminal acetylenes is 1. The number of ether oxygens (including phenoxy) is 1. The molecule has 0 aromatic rings. The summed E-state index contributed by atoms with van der Waals surface area (Å²) >= 11 is 0. The second-order valence-corrected chi connectivity index (χ2v) is 2.07. The van der Waals surface area contributed by atoms with Crippen molar-refractivity contribution in [3.8, 4) is 12.3 Å². The molecule has 1 unspecified atom stereocenters. The molecular weight excluding hydrogens is 144 g/mol. The lowest BCUT2D eigenvalue weighted by molar-refractivity contribution is -0.145. The first-order chi connectivity index (χ1) is 5.20. The smallest absolute Gasteiger partial charge is 0.308 e. The van der Waals surface area contributed by atoms with E-state index in [1.165, 1.54) is 0 Å². The number of rotatable bonds is 4. The Morgan fingerprint density at radius 1 is 1.82 bits per heavy atom. The molecule has 0 aliphatic heterocycles. The monoisotopic (exact) mass is 156 g/mol. The number of hydrogen-bond acceptors (Lipinski definition) is 3. The normalized spacial score (nSPS) is 11.7. The van der Waals surface area contributed by atoms with Gasteiger partial charge in [0, 0.05) is 6.42 Å². The summed E-state index contributed by atoms with van der Waals surface area (Å²) in [5.74, 6) is 1.85. The quantitative estimate of drug-likeness (QED) is 0.471. The molecule has 0 heterocycles. The van der Waals surface area contributed by atoms with Gasteiger partial charge in [-0.05, 0) is 6.92 Å². The van der Waals surface area contributed by atoms with E-state index in [2.05, 4.69) is 10.7 Å². The van der Waals surface area contributed by atoms with Gasteiger partial charge in [-0.15, -0.1) is 12.3 Å². The molecule has 1 atom stereocenters. The molecule has 0 saturated carbocycles. The van der Waals surface area contributed by atoms with Gasteiger partial charge in [0.15, 0.2) is 0 Å². The lowest BCUT2D eigenvalue weighted by Crippen LogP contribution is -2.14. The van der Waals surface area contributed by atoms with Crippen molar-refractivity contribution in [1.82, 2.24) is 0 Å². The molecule has 0 radical (unpaired) electrons. The van der Waals surface area contributed by atoms with Crippen molar-refractivity contribution in [2.75, 3.05) is 6.61 Å². The fraction of sp³-hybridized carbons (Fsp3) is 0.625. The summed E-state index contributed by atoms with van der Waals surface area (Å²) in [4.78, 5) is 10.7. The molecular formula is C8H12O3. The summed E-state index contributed by atoms with van der Waals surface area (Å²) < 4.78 is 4.59. The van der Waals surface area contributed by atoms with Crippen LogP contribution in [0.1, 0.15) is 19.8 Å². The van der Waals surface area contributed by atoms with Gasteiger partial charge in [0.2, 0.25) is 0 Å². The fourth-order valence-corrected chi connectivity index (χ4v) is 0.621. The van der Waals surface area contributed by atoms with Crippen molar-refractivity contribution >= 4 is 5.97 Å². The second kappa shape index (κ2) is 5.75. The third-order valence-electron chi connectivity index (χ3n) is 1.06. The zero-order chi connectivity index (χ0) is 8.69. The Kier molecular flexibility index (Phi) is 5.22. The highest BCUT2D eigenvalue weighted by Gasteiger charge is 2.09. The first-order valence-corrected chi connectivity index (χ1v) is 3.47. The Bertz CT molecular complexity index is 157. The Morgan fingerprint density at radius 2 is 2.45 bits per heavy atom. The number of carbonyl (C=O) groups excluding carboxylic acids is 1. The summed E-state index contributed by atoms with van der Waals surface area (Å²) in [6.07, 6.45) is 4.33. The fourth-order valence-electron chi connectivity index (χ4n) is 0.621. The number of aliphatic hydroxyl groups is 1. The number of esters is 1. The minimum atomic E-state index is -0.765. The molecule has 0 aliphatic carbocycles. The van der Waals surface area contributed by atoms with Gasteiger partial charge in [0.05, 0.1) is 19.1 Å². The van der Waals surface area contributed by atoms with Gasteiger partial charge in [-0.1, -0.05) is 0 Å². The Morgan fingerprint density at radius 3 is 2.91 bits per heavy atom. The number of carbonyl (C=O) groups is 1. The van der Waals surface area contributed by atoms with Gasteiger partial charge >= 0.3 is 5.97 Å². The minimum absolute atomic E-state index is 0.0158. The van der Waals surface area contributed by atoms with Crippen LogP contribution in [0.25, 0.3) is 0 Å². The van der Waals surface area contributed by atoms with Crippen LogP contribution in [0.4, 0.5) is 0 Å². The summed E-state index contributed by atoms with van der Waals surface area (Å²) in [5, 5.41) is 9.00. The largest absolute Gasteiger partial charge is 0.466 e. The minimum Gasteiger partial charge on any atom is -0.466 e. The molecule has 0 fully saturated rings. The van der Waals surface area contributed by atoms with Gasteiger partial charge < -0.3 is 9.84 Å². The van der Waals surface area contributed by atoms with E-state index in [-0.39, 0.29) is 12.8 Å². The molecule has 3 heteroatoms. The zero-order valence-corrected chi connectivity index (χ0v) is 6.54. The van der Waals surface area contributed by atoms with E-state index in [1.54, 1.807) is 6.92 Å². The maximum Gasteiger partial charge on any atom is 0.308 e. The van der Waals surface area contributed by atoms with Gasteiger partial charge in [0.1, 0.15) is 0 Å². The van der Waals surface area contributed by atoms with E-state index in [0.29, 0.717) is 6.61 Å². The van der Waals surface area contributed by atoms with E-state index < -0.39 is 12.1 Å². The highest BCUT2D eigenvalue weighted by atomic mass is 16.5. The molecule has 0 amide bonds. The van der Waals surface area contributed by atoms with Crippen molar-refractivity contribution in [3.63, 3.8) is 0 Å². The van der Waals surface area contributed by atoms with Crippen molar-refractivity contribution in [3.05, 3.63) is 0 Å². The standard InChI is InChI=1S/C8H12O3/c1-3-5-7(9)6-8(10)11-4-2/h1,7,9H,4-6H2,2H3. The molecule has 62 valence electrons. The molecule has 11 heavy (non-hydrogen) atoms. The molecule has 0 bridgehead atoms. The van der Waals surface area contributed by atoms with Crippen molar-refractivity contribution in [2.45, 2.75) is 25.9 Å². The molecule has 0 aromatic carbocycles. The first-order valence-electron chi connectivity index (χ1n) is 3.47. The van der Waals surface area contributed by atoms with Crippen LogP contribution >= 0.6 is 0 Å². The summed E-state index contributed by atoms with van der Waals surface area (Å²) in [6.45, 7) is 2.05. The third-order valence-corrected chi connectivity index (χ3v) is 1.06. The van der Waals surface area contributed by atoms with E-state index in [4.69, 9.17) is 11.5 Å². The average Bonchev–Trinajstić information content (AvgIpc) is 1.87. The summed E-state index contributed by atoms with van der Waals surface area (Å²) in [7, 11) is 0. The Labute approximate surface area is 66.4 Å². The van der Waals surface area contributed by atoms with Crippen LogP contribution in [0.15, 0.2) is 0 Å². The topological polar surface area (TPSA) is 46.5 Å². The van der Waals surface area contributed by atoms with Crippen LogP contribution in [0.5, 0.6) is 0 Å². The predicted octanol–water partition coefficient (Wildman–Crippen LogP) is 0.324. The predicted molar refractivity (Wildman–Crippen MR) is 40.7 cm³/mol. The van der Waals surface area contributed by atoms with Gasteiger partial charge in [-0.25, -0.2) is 0 Å². The second-order valence-electron chi connectivity index (χ2n) is 2.07. The molecule has 0 spiro atoms. The van der Waals surface area contributed by atoms with Crippen LogP contribution in [0.2, 0.25) is 0 Å². The lowest BCUT2D eigenvalue weighted by atomic mass is 10.2. The van der Waals surface area contributed by atoms with Crippen LogP contribution < -0.4 is 0 Å². The SMILES string of the molecule is C#CCC(O)CC(=O)OCC. The van der Waals surface area contributed by atoms with Gasteiger partial charge in [-0.3, -0.25) is 4.79 Å². The molecule has 0 aliphatic rings. The summed E-state index contributed by atoms with van der Waals surface area (Å²) in [5.41, 5.74) is 0. The molecule has 0 saturated heterocycles. The van der Waals surface area contributed by atoms with Crippen LogP contribution in [-0.4, -0.2) is 23.8 Å². The van der Waals surface area contributed by atoms with E-state index in [0.717, 1.165) is 0 Å². The van der Waals surface area contributed by atoms with Crippen LogP contribution in [0, 0.1) is 12.3 Å². The van der Waals surface area contributed by atoms with Crippen molar-refractivity contribution in [2.24, 2.45) is 0 Å². The molecule has 0 rings (SSSR count). The van der Waals surface area contributed by atoms with Crippen molar-refractivity contribution < 1.29 is 14.6 Å². The van der Waals surface area contributed by atoms with Gasteiger partial charge in [-0.2, -0.15) is 0 Å².